The third-order valence-electron chi connectivity index (χ3n) is 3.34. The van der Waals surface area contributed by atoms with Crippen LogP contribution in [0.5, 0.6) is 0 Å². The van der Waals surface area contributed by atoms with Gasteiger partial charge < -0.3 is 10.1 Å². The number of nitro groups is 1. The van der Waals surface area contributed by atoms with Crippen LogP contribution in [0, 0.1) is 34.5 Å². The minimum Gasteiger partial charge on any atom is -0.462 e. The maximum Gasteiger partial charge on any atom is 0.343 e. The first-order chi connectivity index (χ1) is 12.7. The fourth-order valence-corrected chi connectivity index (χ4v) is 2.01. The standard InChI is InChI=1S/C17H17F3N2O5/c1-4-6-21-8-10(17(24)27-7-5-2)16(23)11-12(18)9(3)13(19)14(20)15(11)22(25)26/h4,8,21H,1,5-7H2,2-3H3/b10-8+. The molecule has 1 rings (SSSR count). The predicted molar refractivity (Wildman–Crippen MR) is 89.6 cm³/mol. The second-order valence-corrected chi connectivity index (χ2v) is 5.27. The van der Waals surface area contributed by atoms with E-state index in [1.165, 1.54) is 6.08 Å². The van der Waals surface area contributed by atoms with Crippen molar-refractivity contribution in [3.05, 3.63) is 63.1 Å². The van der Waals surface area contributed by atoms with Gasteiger partial charge in [0, 0.05) is 18.3 Å². The van der Waals surface area contributed by atoms with Gasteiger partial charge in [0.05, 0.1) is 11.5 Å². The highest BCUT2D eigenvalue weighted by Gasteiger charge is 2.37. The summed E-state index contributed by atoms with van der Waals surface area (Å²) in [5, 5.41) is 13.6. The molecule has 27 heavy (non-hydrogen) atoms. The van der Waals surface area contributed by atoms with E-state index >= 15 is 0 Å². The van der Waals surface area contributed by atoms with Crippen molar-refractivity contribution in [2.75, 3.05) is 13.2 Å². The average Bonchev–Trinajstić information content (AvgIpc) is 2.63. The Kier molecular flexibility index (Phi) is 7.70. The molecule has 0 unspecified atom stereocenters. The summed E-state index contributed by atoms with van der Waals surface area (Å²) < 4.78 is 46.9. The molecule has 0 saturated carbocycles. The number of esters is 1. The largest absolute Gasteiger partial charge is 0.462 e. The minimum atomic E-state index is -2.00. The summed E-state index contributed by atoms with van der Waals surface area (Å²) in [6.45, 7) is 5.91. The Morgan fingerprint density at radius 2 is 1.89 bits per heavy atom. The number of nitrogens with zero attached hydrogens (tertiary/aromatic N) is 1. The van der Waals surface area contributed by atoms with Crippen molar-refractivity contribution in [2.45, 2.75) is 20.3 Å². The van der Waals surface area contributed by atoms with Crippen LogP contribution in [0.4, 0.5) is 18.9 Å². The summed E-state index contributed by atoms with van der Waals surface area (Å²) in [6.07, 6.45) is 2.63. The van der Waals surface area contributed by atoms with Gasteiger partial charge in [0.1, 0.15) is 17.0 Å². The van der Waals surface area contributed by atoms with Crippen LogP contribution in [0.2, 0.25) is 0 Å². The first kappa shape index (κ1) is 21.9. The number of ether oxygens (including phenoxy) is 1. The van der Waals surface area contributed by atoms with Crippen molar-refractivity contribution in [1.82, 2.24) is 5.32 Å². The number of nitro benzene ring substituents is 1. The lowest BCUT2D eigenvalue weighted by Crippen LogP contribution is -2.23. The molecule has 0 radical (unpaired) electrons. The molecule has 0 spiro atoms. The van der Waals surface area contributed by atoms with E-state index in [9.17, 15) is 32.9 Å². The minimum absolute atomic E-state index is 0.0771. The van der Waals surface area contributed by atoms with Crippen LogP contribution in [0.3, 0.4) is 0 Å². The third-order valence-corrected chi connectivity index (χ3v) is 3.34. The molecule has 0 fully saturated rings. The lowest BCUT2D eigenvalue weighted by atomic mass is 9.98. The first-order valence-corrected chi connectivity index (χ1v) is 7.76. The van der Waals surface area contributed by atoms with E-state index < -0.39 is 56.5 Å². The van der Waals surface area contributed by atoms with Gasteiger partial charge in [0.2, 0.25) is 11.6 Å². The van der Waals surface area contributed by atoms with Crippen molar-refractivity contribution >= 4 is 17.4 Å². The molecule has 0 amide bonds. The predicted octanol–water partition coefficient (Wildman–Crippen LogP) is 3.12. The molecule has 1 aromatic rings. The summed E-state index contributed by atoms with van der Waals surface area (Å²) in [5.41, 5.74) is -4.80. The van der Waals surface area contributed by atoms with Gasteiger partial charge in [-0.15, -0.1) is 6.58 Å². The lowest BCUT2D eigenvalue weighted by Gasteiger charge is -2.11. The number of carbonyl (C=O) groups excluding carboxylic acids is 2. The van der Waals surface area contributed by atoms with E-state index in [1.54, 1.807) is 6.92 Å². The summed E-state index contributed by atoms with van der Waals surface area (Å²) >= 11 is 0. The van der Waals surface area contributed by atoms with E-state index in [0.29, 0.717) is 6.42 Å². The summed E-state index contributed by atoms with van der Waals surface area (Å²) in [6, 6.07) is 0. The Balaban J connectivity index is 3.61. The molecular formula is C17H17F3N2O5. The molecule has 0 aliphatic rings. The van der Waals surface area contributed by atoms with Gasteiger partial charge in [-0.1, -0.05) is 13.0 Å². The average molecular weight is 386 g/mol. The molecule has 0 aliphatic carbocycles. The number of benzene rings is 1. The molecule has 1 N–H and O–H groups in total. The van der Waals surface area contributed by atoms with Crippen LogP contribution in [0.25, 0.3) is 0 Å². The lowest BCUT2D eigenvalue weighted by molar-refractivity contribution is -0.388. The van der Waals surface area contributed by atoms with Crippen LogP contribution in [-0.2, 0) is 9.53 Å². The Morgan fingerprint density at radius 1 is 1.26 bits per heavy atom. The van der Waals surface area contributed by atoms with Gasteiger partial charge in [0.25, 0.3) is 0 Å². The van der Waals surface area contributed by atoms with Gasteiger partial charge in [-0.3, -0.25) is 14.9 Å². The van der Waals surface area contributed by atoms with E-state index in [1.807, 2.05) is 0 Å². The van der Waals surface area contributed by atoms with E-state index in [4.69, 9.17) is 4.74 Å². The van der Waals surface area contributed by atoms with E-state index in [2.05, 4.69) is 11.9 Å². The van der Waals surface area contributed by atoms with Crippen molar-refractivity contribution in [1.29, 1.82) is 0 Å². The maximum atomic E-state index is 14.4. The highest BCUT2D eigenvalue weighted by Crippen LogP contribution is 2.32. The Morgan fingerprint density at radius 3 is 2.41 bits per heavy atom. The molecule has 0 aromatic heterocycles. The smallest absolute Gasteiger partial charge is 0.343 e. The van der Waals surface area contributed by atoms with Crippen LogP contribution in [0.15, 0.2) is 24.4 Å². The molecule has 7 nitrogen and oxygen atoms in total. The molecule has 0 saturated heterocycles. The molecule has 10 heteroatoms. The molecule has 146 valence electrons. The zero-order chi connectivity index (χ0) is 20.7. The highest BCUT2D eigenvalue weighted by atomic mass is 19.2. The number of hydrogen-bond acceptors (Lipinski definition) is 6. The van der Waals surface area contributed by atoms with Gasteiger partial charge in [-0.25, -0.2) is 13.6 Å². The summed E-state index contributed by atoms with van der Waals surface area (Å²) in [4.78, 5) is 34.4. The highest BCUT2D eigenvalue weighted by molar-refractivity contribution is 6.25. The molecule has 0 atom stereocenters. The molecule has 0 aliphatic heterocycles. The van der Waals surface area contributed by atoms with Crippen molar-refractivity contribution in [3.63, 3.8) is 0 Å². The third kappa shape index (κ3) is 4.72. The van der Waals surface area contributed by atoms with Crippen LogP contribution >= 0.6 is 0 Å². The van der Waals surface area contributed by atoms with Crippen LogP contribution < -0.4 is 5.32 Å². The first-order valence-electron chi connectivity index (χ1n) is 7.76. The Hall–Kier alpha value is -3.17. The quantitative estimate of drug-likeness (QED) is 0.0669. The van der Waals surface area contributed by atoms with Crippen LogP contribution in [-0.4, -0.2) is 29.8 Å². The number of ketones is 1. The van der Waals surface area contributed by atoms with E-state index in [0.717, 1.165) is 13.1 Å². The zero-order valence-electron chi connectivity index (χ0n) is 14.6. The number of Topliss-reactive ketones (excluding diaryl/α,β-unsaturated/α-hetero) is 1. The van der Waals surface area contributed by atoms with Gasteiger partial charge in [0.15, 0.2) is 5.82 Å². The van der Waals surface area contributed by atoms with Gasteiger partial charge in [-0.2, -0.15) is 4.39 Å². The molecule has 0 heterocycles. The van der Waals surface area contributed by atoms with Gasteiger partial charge >= 0.3 is 11.7 Å². The number of rotatable bonds is 9. The Labute approximate surface area is 152 Å². The number of carbonyl (C=O) groups is 2. The SMILES string of the molecule is C=CCN/C=C(/C(=O)OCCC)C(=O)c1c(F)c(C)c(F)c(F)c1[N+](=O)[O-]. The fourth-order valence-electron chi connectivity index (χ4n) is 2.01. The summed E-state index contributed by atoms with van der Waals surface area (Å²) in [5.74, 6) is -8.14. The second-order valence-electron chi connectivity index (χ2n) is 5.27. The fraction of sp³-hybridized carbons (Fsp3) is 0.294. The van der Waals surface area contributed by atoms with Crippen molar-refractivity contribution in [3.8, 4) is 0 Å². The monoisotopic (exact) mass is 386 g/mol. The number of halogens is 3. The van der Waals surface area contributed by atoms with Gasteiger partial charge in [-0.05, 0) is 13.3 Å². The molecular weight excluding hydrogens is 369 g/mol. The topological polar surface area (TPSA) is 98.5 Å². The number of hydrogen-bond donors (Lipinski definition) is 1. The molecule has 0 bridgehead atoms. The second kappa shape index (κ2) is 9.51. The maximum absolute atomic E-state index is 14.4. The van der Waals surface area contributed by atoms with Crippen molar-refractivity contribution in [2.24, 2.45) is 0 Å². The molecule has 1 aromatic carbocycles. The van der Waals surface area contributed by atoms with Crippen molar-refractivity contribution < 1.29 is 32.4 Å². The van der Waals surface area contributed by atoms with Crippen LogP contribution in [0.1, 0.15) is 29.3 Å². The normalized spacial score (nSPS) is 11.1. The number of nitrogens with one attached hydrogen (secondary N) is 1. The zero-order valence-corrected chi connectivity index (χ0v) is 14.6. The Bertz CT molecular complexity index is 822. The summed E-state index contributed by atoms with van der Waals surface area (Å²) in [7, 11) is 0. The van der Waals surface area contributed by atoms with E-state index in [-0.39, 0.29) is 13.2 Å².